The third-order valence-electron chi connectivity index (χ3n) is 8.88. The average molecular weight is 562 g/mol. The van der Waals surface area contributed by atoms with E-state index in [1.54, 1.807) is 0 Å². The number of para-hydroxylation sites is 2. The fraction of sp³-hybridized carbons (Fsp3) is 0. The Morgan fingerprint density at radius 1 is 0.409 bits per heavy atom. The third kappa shape index (κ3) is 3.10. The number of hydrogen-bond acceptors (Lipinski definition) is 3. The number of imidazole rings is 1. The molecule has 10 rings (SSSR count). The Bertz CT molecular complexity index is 2700. The van der Waals surface area contributed by atoms with Crippen LogP contribution in [0.5, 0.6) is 0 Å². The minimum Gasteiger partial charge on any atom is -0.291 e. The highest BCUT2D eigenvalue weighted by Crippen LogP contribution is 2.43. The predicted octanol–water partition coefficient (Wildman–Crippen LogP) is 9.45. The van der Waals surface area contributed by atoms with Crippen LogP contribution in [0.4, 0.5) is 0 Å². The van der Waals surface area contributed by atoms with Crippen molar-refractivity contribution in [3.63, 3.8) is 0 Å². The van der Waals surface area contributed by atoms with Gasteiger partial charge in [-0.3, -0.25) is 8.97 Å². The van der Waals surface area contributed by atoms with Crippen LogP contribution < -0.4 is 0 Å². The number of fused-ring (bicyclic) bond motifs is 4. The van der Waals surface area contributed by atoms with E-state index in [0.29, 0.717) is 5.95 Å². The lowest BCUT2D eigenvalue weighted by atomic mass is 10.1. The number of rotatable bonds is 3. The van der Waals surface area contributed by atoms with Crippen LogP contribution in [0.3, 0.4) is 0 Å². The largest absolute Gasteiger partial charge is 0.291 e. The van der Waals surface area contributed by atoms with Gasteiger partial charge in [-0.1, -0.05) is 109 Å². The van der Waals surface area contributed by atoms with Crippen molar-refractivity contribution in [2.45, 2.75) is 0 Å². The summed E-state index contributed by atoms with van der Waals surface area (Å²) in [6, 6.07) is 48.7. The molecule has 0 saturated carbocycles. The first-order chi connectivity index (χ1) is 21.8. The highest BCUT2D eigenvalue weighted by atomic mass is 15.2. The van der Waals surface area contributed by atoms with Gasteiger partial charge in [0, 0.05) is 32.7 Å². The van der Waals surface area contributed by atoms with Crippen LogP contribution in [-0.4, -0.2) is 23.9 Å². The molecule has 4 heterocycles. The Morgan fingerprint density at radius 3 is 1.91 bits per heavy atom. The van der Waals surface area contributed by atoms with Crippen LogP contribution in [0.2, 0.25) is 0 Å². The number of benzene rings is 6. The summed E-state index contributed by atoms with van der Waals surface area (Å²) in [7, 11) is 0. The smallest absolute Gasteiger partial charge is 0.235 e. The van der Waals surface area contributed by atoms with E-state index in [4.69, 9.17) is 15.0 Å². The van der Waals surface area contributed by atoms with Gasteiger partial charge in [-0.15, -0.1) is 0 Å². The normalized spacial score (nSPS) is 12.1. The van der Waals surface area contributed by atoms with E-state index in [1.807, 2.05) is 18.2 Å². The predicted molar refractivity (Wildman–Crippen MR) is 180 cm³/mol. The molecular weight excluding hydrogens is 538 g/mol. The molecule has 0 fully saturated rings. The lowest BCUT2D eigenvalue weighted by Crippen LogP contribution is -2.03. The summed E-state index contributed by atoms with van der Waals surface area (Å²) in [5.74, 6) is 1.59. The van der Waals surface area contributed by atoms with Crippen molar-refractivity contribution < 1.29 is 0 Å². The molecule has 0 N–H and O–H groups in total. The van der Waals surface area contributed by atoms with Crippen molar-refractivity contribution >= 4 is 60.0 Å². The quantitative estimate of drug-likeness (QED) is 0.216. The minimum absolute atomic E-state index is 0.655. The van der Waals surface area contributed by atoms with E-state index in [2.05, 4.69) is 130 Å². The van der Waals surface area contributed by atoms with E-state index in [0.717, 1.165) is 66.5 Å². The zero-order valence-electron chi connectivity index (χ0n) is 23.5. The summed E-state index contributed by atoms with van der Waals surface area (Å²) < 4.78 is 4.59. The zero-order chi connectivity index (χ0) is 28.8. The van der Waals surface area contributed by atoms with Crippen molar-refractivity contribution in [3.05, 3.63) is 140 Å². The molecule has 0 aliphatic carbocycles. The SMILES string of the molecule is c1ccc(-c2nc(-n3c4cccc5c6ccccc6n6c(-c7ccccc7)nc7ccc3c(c54)c76)nc3ccccc23)cc1. The molecule has 0 amide bonds. The van der Waals surface area contributed by atoms with E-state index in [-0.39, 0.29) is 0 Å². The number of hydrogen-bond donors (Lipinski definition) is 0. The second-order valence-electron chi connectivity index (χ2n) is 11.3. The molecule has 0 aliphatic heterocycles. The Labute approximate surface area is 251 Å². The highest BCUT2D eigenvalue weighted by Gasteiger charge is 2.24. The first-order valence-corrected chi connectivity index (χ1v) is 14.8. The molecule has 0 aliphatic rings. The van der Waals surface area contributed by atoms with Crippen LogP contribution in [-0.2, 0) is 0 Å². The van der Waals surface area contributed by atoms with Crippen LogP contribution in [0.25, 0.3) is 88.6 Å². The summed E-state index contributed by atoms with van der Waals surface area (Å²) in [5, 5.41) is 5.76. The van der Waals surface area contributed by atoms with Crippen LogP contribution in [0, 0.1) is 0 Å². The third-order valence-corrected chi connectivity index (χ3v) is 8.88. The maximum atomic E-state index is 5.29. The molecule has 204 valence electrons. The van der Waals surface area contributed by atoms with Crippen molar-refractivity contribution in [3.8, 4) is 28.6 Å². The lowest BCUT2D eigenvalue weighted by molar-refractivity contribution is 1.01. The summed E-state index contributed by atoms with van der Waals surface area (Å²) in [6.07, 6.45) is 0. The van der Waals surface area contributed by atoms with Crippen molar-refractivity contribution in [1.82, 2.24) is 23.9 Å². The minimum atomic E-state index is 0.655. The van der Waals surface area contributed by atoms with E-state index in [1.165, 1.54) is 16.2 Å². The van der Waals surface area contributed by atoms with Crippen LogP contribution in [0.1, 0.15) is 0 Å². The molecule has 0 saturated heterocycles. The van der Waals surface area contributed by atoms with Gasteiger partial charge in [0.2, 0.25) is 5.95 Å². The summed E-state index contributed by atoms with van der Waals surface area (Å²) in [5.41, 5.74) is 9.32. The molecule has 10 aromatic rings. The fourth-order valence-corrected chi connectivity index (χ4v) is 7.04. The van der Waals surface area contributed by atoms with Crippen molar-refractivity contribution in [1.29, 1.82) is 0 Å². The Kier molecular flexibility index (Phi) is 4.66. The van der Waals surface area contributed by atoms with Gasteiger partial charge in [0.1, 0.15) is 5.82 Å². The molecule has 0 atom stereocenters. The molecule has 44 heavy (non-hydrogen) atoms. The highest BCUT2D eigenvalue weighted by molar-refractivity contribution is 6.30. The molecule has 5 heteroatoms. The van der Waals surface area contributed by atoms with Gasteiger partial charge in [0.05, 0.1) is 38.8 Å². The van der Waals surface area contributed by atoms with E-state index in [9.17, 15) is 0 Å². The standard InChI is InChI=1S/C39H23N5/c1-3-12-24(13-4-1)36-28-17-7-9-19-29(28)41-39(42-36)43-32-21-11-18-27-26-16-8-10-20-31(26)44-37-30(22-23-33(43)35(37)34(27)32)40-38(44)25-14-5-2-6-15-25/h1-23H. The monoisotopic (exact) mass is 561 g/mol. The van der Waals surface area contributed by atoms with Crippen LogP contribution >= 0.6 is 0 Å². The molecule has 0 bridgehead atoms. The van der Waals surface area contributed by atoms with Crippen LogP contribution in [0.15, 0.2) is 140 Å². The Balaban J connectivity index is 1.42. The Hall–Kier alpha value is -6.07. The van der Waals surface area contributed by atoms with Crippen molar-refractivity contribution in [2.75, 3.05) is 0 Å². The van der Waals surface area contributed by atoms with Gasteiger partial charge >= 0.3 is 0 Å². The van der Waals surface area contributed by atoms with Gasteiger partial charge < -0.3 is 0 Å². The summed E-state index contributed by atoms with van der Waals surface area (Å²) in [6.45, 7) is 0. The first kappa shape index (κ1) is 23.5. The molecule has 4 aromatic heterocycles. The molecule has 0 unspecified atom stereocenters. The summed E-state index contributed by atoms with van der Waals surface area (Å²) in [4.78, 5) is 15.7. The van der Waals surface area contributed by atoms with Gasteiger partial charge in [-0.05, 0) is 35.7 Å². The summed E-state index contributed by atoms with van der Waals surface area (Å²) >= 11 is 0. The average Bonchev–Trinajstić information content (AvgIpc) is 3.61. The second kappa shape index (κ2) is 8.72. The lowest BCUT2D eigenvalue weighted by Gasteiger charge is -2.12. The van der Waals surface area contributed by atoms with Gasteiger partial charge in [-0.2, -0.15) is 0 Å². The fourth-order valence-electron chi connectivity index (χ4n) is 7.04. The molecular formula is C39H23N5. The van der Waals surface area contributed by atoms with E-state index >= 15 is 0 Å². The van der Waals surface area contributed by atoms with Gasteiger partial charge in [-0.25, -0.2) is 15.0 Å². The first-order valence-electron chi connectivity index (χ1n) is 14.8. The topological polar surface area (TPSA) is 48.0 Å². The molecule has 0 spiro atoms. The number of aromatic nitrogens is 5. The second-order valence-corrected chi connectivity index (χ2v) is 11.3. The zero-order valence-corrected chi connectivity index (χ0v) is 23.5. The maximum absolute atomic E-state index is 5.29. The van der Waals surface area contributed by atoms with Crippen molar-refractivity contribution in [2.24, 2.45) is 0 Å². The molecule has 5 nitrogen and oxygen atoms in total. The van der Waals surface area contributed by atoms with Gasteiger partial charge in [0.15, 0.2) is 0 Å². The van der Waals surface area contributed by atoms with Gasteiger partial charge in [0.25, 0.3) is 0 Å². The van der Waals surface area contributed by atoms with E-state index < -0.39 is 0 Å². The maximum Gasteiger partial charge on any atom is 0.235 e. The molecule has 6 aromatic carbocycles. The Morgan fingerprint density at radius 2 is 1.07 bits per heavy atom. The molecule has 0 radical (unpaired) electrons. The number of nitrogens with zero attached hydrogens (tertiary/aromatic N) is 5.